The molecule has 1 N–H and O–H groups in total. The largest absolute Gasteiger partial charge is 0.417 e. The van der Waals surface area contributed by atoms with Crippen LogP contribution in [0.25, 0.3) is 11.1 Å². The van der Waals surface area contributed by atoms with E-state index in [4.69, 9.17) is 0 Å². The molecule has 2 aromatic heterocycles. The summed E-state index contributed by atoms with van der Waals surface area (Å²) in [5.74, 6) is 0. The molecular weight excluding hydrogens is 201 g/mol. The van der Waals surface area contributed by atoms with Crippen LogP contribution in [0.3, 0.4) is 0 Å². The minimum absolute atomic E-state index is 0.253. The fraction of sp³-hybridized carbons (Fsp3) is 0.143. The predicted molar refractivity (Wildman–Crippen MR) is 39.6 cm³/mol. The standard InChI is InChI=1S/C7H3F3N2O2/c8-7(9,10)4-1-5(13)12-6-3(4)2-11-14-6/h1-2H,(H,12,13). The maximum atomic E-state index is 12.4. The van der Waals surface area contributed by atoms with Crippen molar-refractivity contribution in [2.24, 2.45) is 0 Å². The van der Waals surface area contributed by atoms with Crippen LogP contribution in [-0.4, -0.2) is 10.1 Å². The van der Waals surface area contributed by atoms with Crippen LogP contribution in [0.1, 0.15) is 5.56 Å². The van der Waals surface area contributed by atoms with Gasteiger partial charge < -0.3 is 4.52 Å². The Kier molecular flexibility index (Phi) is 1.63. The molecule has 0 saturated heterocycles. The number of alkyl halides is 3. The van der Waals surface area contributed by atoms with Gasteiger partial charge in [-0.25, -0.2) is 0 Å². The zero-order valence-electron chi connectivity index (χ0n) is 6.55. The third-order valence-corrected chi connectivity index (χ3v) is 1.68. The first-order valence-electron chi connectivity index (χ1n) is 3.53. The van der Waals surface area contributed by atoms with Crippen molar-refractivity contribution in [1.82, 2.24) is 10.1 Å². The van der Waals surface area contributed by atoms with Gasteiger partial charge in [0.05, 0.1) is 17.1 Å². The van der Waals surface area contributed by atoms with Crippen molar-refractivity contribution in [1.29, 1.82) is 0 Å². The molecule has 74 valence electrons. The van der Waals surface area contributed by atoms with Crippen LogP contribution in [0.5, 0.6) is 0 Å². The molecule has 0 unspecified atom stereocenters. The summed E-state index contributed by atoms with van der Waals surface area (Å²) in [4.78, 5) is 12.9. The normalized spacial score (nSPS) is 12.2. The minimum atomic E-state index is -4.59. The van der Waals surface area contributed by atoms with Gasteiger partial charge in [-0.1, -0.05) is 5.16 Å². The number of fused-ring (bicyclic) bond motifs is 1. The lowest BCUT2D eigenvalue weighted by Crippen LogP contribution is -2.12. The predicted octanol–water partition coefficient (Wildman–Crippen LogP) is 1.53. The Labute approximate surface area is 74.3 Å². The average molecular weight is 204 g/mol. The summed E-state index contributed by atoms with van der Waals surface area (Å²) in [6.45, 7) is 0. The molecule has 14 heavy (non-hydrogen) atoms. The summed E-state index contributed by atoms with van der Waals surface area (Å²) in [6, 6.07) is 0.472. The van der Waals surface area contributed by atoms with Gasteiger partial charge >= 0.3 is 6.18 Å². The topological polar surface area (TPSA) is 58.9 Å². The van der Waals surface area contributed by atoms with E-state index in [1.807, 2.05) is 0 Å². The summed E-state index contributed by atoms with van der Waals surface area (Å²) in [6.07, 6.45) is -3.67. The summed E-state index contributed by atoms with van der Waals surface area (Å²) < 4.78 is 41.5. The van der Waals surface area contributed by atoms with Gasteiger partial charge in [-0.3, -0.25) is 9.78 Å². The molecular formula is C7H3F3N2O2. The summed E-state index contributed by atoms with van der Waals surface area (Å²) in [5, 5.41) is 2.92. The molecule has 7 heteroatoms. The van der Waals surface area contributed by atoms with Gasteiger partial charge in [0, 0.05) is 6.07 Å². The number of nitrogens with one attached hydrogen (secondary N) is 1. The van der Waals surface area contributed by atoms with Crippen molar-refractivity contribution in [3.8, 4) is 0 Å². The monoisotopic (exact) mass is 204 g/mol. The lowest BCUT2D eigenvalue weighted by Gasteiger charge is -2.05. The first-order chi connectivity index (χ1) is 6.48. The third kappa shape index (κ3) is 1.26. The quantitative estimate of drug-likeness (QED) is 0.707. The fourth-order valence-electron chi connectivity index (χ4n) is 1.11. The Morgan fingerprint density at radius 3 is 2.79 bits per heavy atom. The van der Waals surface area contributed by atoms with Gasteiger partial charge in [-0.05, 0) is 0 Å². The molecule has 2 aromatic rings. The van der Waals surface area contributed by atoms with Crippen LogP contribution in [0.15, 0.2) is 21.6 Å². The number of pyridine rings is 1. The Hall–Kier alpha value is -1.79. The Morgan fingerprint density at radius 1 is 1.43 bits per heavy atom. The molecule has 0 amide bonds. The van der Waals surface area contributed by atoms with Gasteiger partial charge in [-0.15, -0.1) is 0 Å². The Morgan fingerprint density at radius 2 is 2.14 bits per heavy atom. The lowest BCUT2D eigenvalue weighted by atomic mass is 10.2. The Bertz CT molecular complexity index is 525. The van der Waals surface area contributed by atoms with E-state index >= 15 is 0 Å². The van der Waals surface area contributed by atoms with Crippen molar-refractivity contribution >= 4 is 11.1 Å². The molecule has 0 aliphatic heterocycles. The van der Waals surface area contributed by atoms with Gasteiger partial charge in [0.25, 0.3) is 5.56 Å². The van der Waals surface area contributed by atoms with Crippen LogP contribution < -0.4 is 5.56 Å². The lowest BCUT2D eigenvalue weighted by molar-refractivity contribution is -0.136. The van der Waals surface area contributed by atoms with E-state index in [1.54, 1.807) is 0 Å². The molecule has 2 heterocycles. The van der Waals surface area contributed by atoms with Gasteiger partial charge in [0.15, 0.2) is 0 Å². The third-order valence-electron chi connectivity index (χ3n) is 1.68. The number of nitrogens with zero attached hydrogens (tertiary/aromatic N) is 1. The molecule has 0 atom stereocenters. The van der Waals surface area contributed by atoms with Crippen LogP contribution in [-0.2, 0) is 6.18 Å². The maximum Gasteiger partial charge on any atom is 0.417 e. The minimum Gasteiger partial charge on any atom is -0.338 e. The van der Waals surface area contributed by atoms with E-state index in [0.29, 0.717) is 6.07 Å². The Balaban J connectivity index is 2.87. The molecule has 0 spiro atoms. The van der Waals surface area contributed by atoms with Crippen molar-refractivity contribution in [2.75, 3.05) is 0 Å². The second-order valence-corrected chi connectivity index (χ2v) is 2.61. The molecule has 0 aromatic carbocycles. The first-order valence-corrected chi connectivity index (χ1v) is 3.53. The highest BCUT2D eigenvalue weighted by Gasteiger charge is 2.34. The van der Waals surface area contributed by atoms with Crippen LogP contribution >= 0.6 is 0 Å². The maximum absolute atomic E-state index is 12.4. The van der Waals surface area contributed by atoms with Crippen molar-refractivity contribution in [3.05, 3.63) is 28.2 Å². The smallest absolute Gasteiger partial charge is 0.338 e. The number of hydrogen-bond acceptors (Lipinski definition) is 3. The fourth-order valence-corrected chi connectivity index (χ4v) is 1.11. The molecule has 0 bridgehead atoms. The first kappa shape index (κ1) is 8.79. The number of aromatic nitrogens is 2. The number of H-pyrrole nitrogens is 1. The summed E-state index contributed by atoms with van der Waals surface area (Å²) >= 11 is 0. The molecule has 0 aliphatic carbocycles. The average Bonchev–Trinajstić information content (AvgIpc) is 2.47. The zero-order valence-corrected chi connectivity index (χ0v) is 6.55. The molecule has 0 saturated carbocycles. The van der Waals surface area contributed by atoms with Crippen molar-refractivity contribution in [3.63, 3.8) is 0 Å². The van der Waals surface area contributed by atoms with E-state index in [9.17, 15) is 18.0 Å². The second-order valence-electron chi connectivity index (χ2n) is 2.61. The molecule has 0 aliphatic rings. The number of aromatic amines is 1. The highest BCUT2D eigenvalue weighted by molar-refractivity contribution is 5.76. The summed E-state index contributed by atoms with van der Waals surface area (Å²) in [7, 11) is 0. The van der Waals surface area contributed by atoms with E-state index < -0.39 is 17.3 Å². The van der Waals surface area contributed by atoms with E-state index in [-0.39, 0.29) is 11.1 Å². The second kappa shape index (κ2) is 2.60. The van der Waals surface area contributed by atoms with Gasteiger partial charge in [-0.2, -0.15) is 13.2 Å². The molecule has 0 fully saturated rings. The van der Waals surface area contributed by atoms with Crippen LogP contribution in [0.4, 0.5) is 13.2 Å². The van der Waals surface area contributed by atoms with Gasteiger partial charge in [0.2, 0.25) is 5.71 Å². The zero-order chi connectivity index (χ0) is 10.3. The van der Waals surface area contributed by atoms with E-state index in [2.05, 4.69) is 14.7 Å². The van der Waals surface area contributed by atoms with Gasteiger partial charge in [0.1, 0.15) is 0 Å². The van der Waals surface area contributed by atoms with Crippen LogP contribution in [0.2, 0.25) is 0 Å². The molecule has 2 rings (SSSR count). The highest BCUT2D eigenvalue weighted by atomic mass is 19.4. The molecule has 4 nitrogen and oxygen atoms in total. The highest BCUT2D eigenvalue weighted by Crippen LogP contribution is 2.32. The molecule has 0 radical (unpaired) electrons. The number of rotatable bonds is 0. The number of halogens is 3. The SMILES string of the molecule is O=c1cc(C(F)(F)F)c2cnoc2[nH]1. The van der Waals surface area contributed by atoms with Crippen molar-refractivity contribution in [2.45, 2.75) is 6.18 Å². The van der Waals surface area contributed by atoms with Crippen LogP contribution in [0, 0.1) is 0 Å². The van der Waals surface area contributed by atoms with E-state index in [1.165, 1.54) is 0 Å². The summed E-state index contributed by atoms with van der Waals surface area (Å²) in [5.41, 5.74) is -2.19. The number of hydrogen-bond donors (Lipinski definition) is 1. The van der Waals surface area contributed by atoms with E-state index in [0.717, 1.165) is 6.20 Å². The van der Waals surface area contributed by atoms with Crippen molar-refractivity contribution < 1.29 is 17.7 Å².